The SMILES string of the molecule is CNCC1CCN(C(=O)c2cnn(-c3ccccc3F)c2C)CC1.Cl. The van der Waals surface area contributed by atoms with E-state index in [-0.39, 0.29) is 24.1 Å². The largest absolute Gasteiger partial charge is 0.339 e. The third-order valence-electron chi connectivity index (χ3n) is 4.72. The summed E-state index contributed by atoms with van der Waals surface area (Å²) in [4.78, 5) is 14.7. The van der Waals surface area contributed by atoms with E-state index in [1.165, 1.54) is 10.7 Å². The van der Waals surface area contributed by atoms with Gasteiger partial charge in [0.05, 0.1) is 17.5 Å². The number of benzene rings is 1. The van der Waals surface area contributed by atoms with Crippen LogP contribution in [-0.4, -0.2) is 47.3 Å². The van der Waals surface area contributed by atoms with Gasteiger partial charge in [-0.1, -0.05) is 12.1 Å². The average Bonchev–Trinajstić information content (AvgIpc) is 2.97. The minimum absolute atomic E-state index is 0. The number of carbonyl (C=O) groups is 1. The normalized spacial score (nSPS) is 15.1. The lowest BCUT2D eigenvalue weighted by atomic mass is 9.96. The molecule has 1 aliphatic heterocycles. The van der Waals surface area contributed by atoms with Crippen molar-refractivity contribution in [3.8, 4) is 5.69 Å². The van der Waals surface area contributed by atoms with Gasteiger partial charge in [0.2, 0.25) is 0 Å². The fourth-order valence-corrected chi connectivity index (χ4v) is 3.29. The zero-order valence-electron chi connectivity index (χ0n) is 14.5. The predicted molar refractivity (Wildman–Crippen MR) is 98.1 cm³/mol. The number of nitrogens with one attached hydrogen (secondary N) is 1. The van der Waals surface area contributed by atoms with Crippen molar-refractivity contribution in [1.29, 1.82) is 0 Å². The number of amides is 1. The highest BCUT2D eigenvalue weighted by molar-refractivity contribution is 5.95. The molecule has 0 bridgehead atoms. The highest BCUT2D eigenvalue weighted by atomic mass is 35.5. The second-order valence-corrected chi connectivity index (χ2v) is 6.30. The predicted octanol–water partition coefficient (Wildman–Crippen LogP) is 2.81. The Bertz CT molecular complexity index is 726. The zero-order valence-corrected chi connectivity index (χ0v) is 15.4. The van der Waals surface area contributed by atoms with Crippen LogP contribution >= 0.6 is 12.4 Å². The summed E-state index contributed by atoms with van der Waals surface area (Å²) in [5, 5.41) is 7.42. The number of likely N-dealkylation sites (tertiary alicyclic amines) is 1. The lowest BCUT2D eigenvalue weighted by Gasteiger charge is -2.31. The molecule has 1 aliphatic rings. The van der Waals surface area contributed by atoms with Crippen molar-refractivity contribution < 1.29 is 9.18 Å². The minimum Gasteiger partial charge on any atom is -0.339 e. The first-order chi connectivity index (χ1) is 11.6. The average molecular weight is 367 g/mol. The van der Waals surface area contributed by atoms with Gasteiger partial charge in [0.25, 0.3) is 5.91 Å². The van der Waals surface area contributed by atoms with Crippen LogP contribution in [0.2, 0.25) is 0 Å². The van der Waals surface area contributed by atoms with Crippen LogP contribution in [0.1, 0.15) is 28.9 Å². The number of carbonyl (C=O) groups excluding carboxylic acids is 1. The molecule has 25 heavy (non-hydrogen) atoms. The topological polar surface area (TPSA) is 50.2 Å². The number of para-hydroxylation sites is 1. The molecule has 1 amide bonds. The smallest absolute Gasteiger partial charge is 0.257 e. The van der Waals surface area contributed by atoms with E-state index in [2.05, 4.69) is 10.4 Å². The number of hydrogen-bond acceptors (Lipinski definition) is 3. The van der Waals surface area contributed by atoms with Gasteiger partial charge in [0, 0.05) is 13.1 Å². The molecule has 0 aliphatic carbocycles. The van der Waals surface area contributed by atoms with E-state index in [0.717, 1.165) is 32.5 Å². The minimum atomic E-state index is -0.351. The monoisotopic (exact) mass is 366 g/mol. The summed E-state index contributed by atoms with van der Waals surface area (Å²) in [5.74, 6) is 0.259. The summed E-state index contributed by atoms with van der Waals surface area (Å²) in [6.07, 6.45) is 3.56. The highest BCUT2D eigenvalue weighted by Crippen LogP contribution is 2.21. The maximum absolute atomic E-state index is 14.0. The van der Waals surface area contributed by atoms with E-state index in [0.29, 0.717) is 22.9 Å². The van der Waals surface area contributed by atoms with Crippen molar-refractivity contribution in [3.05, 3.63) is 47.5 Å². The number of nitrogens with zero attached hydrogens (tertiary/aromatic N) is 3. The van der Waals surface area contributed by atoms with Gasteiger partial charge in [-0.15, -0.1) is 12.4 Å². The molecule has 1 aromatic heterocycles. The Morgan fingerprint density at radius 1 is 1.32 bits per heavy atom. The molecule has 0 saturated carbocycles. The first-order valence-corrected chi connectivity index (χ1v) is 8.35. The Morgan fingerprint density at radius 3 is 2.64 bits per heavy atom. The molecular formula is C18H24ClFN4O. The van der Waals surface area contributed by atoms with Gasteiger partial charge in [-0.2, -0.15) is 5.10 Å². The van der Waals surface area contributed by atoms with Gasteiger partial charge < -0.3 is 10.2 Å². The van der Waals surface area contributed by atoms with Crippen molar-refractivity contribution in [1.82, 2.24) is 20.0 Å². The molecule has 0 unspecified atom stereocenters. The fourth-order valence-electron chi connectivity index (χ4n) is 3.29. The van der Waals surface area contributed by atoms with Crippen LogP contribution in [0.5, 0.6) is 0 Å². The molecule has 136 valence electrons. The first-order valence-electron chi connectivity index (χ1n) is 8.35. The van der Waals surface area contributed by atoms with Crippen molar-refractivity contribution in [2.45, 2.75) is 19.8 Å². The third-order valence-corrected chi connectivity index (χ3v) is 4.72. The van der Waals surface area contributed by atoms with Crippen molar-refractivity contribution in [2.75, 3.05) is 26.7 Å². The van der Waals surface area contributed by atoms with E-state index in [4.69, 9.17) is 0 Å². The van der Waals surface area contributed by atoms with Crippen molar-refractivity contribution in [3.63, 3.8) is 0 Å². The molecule has 1 aromatic carbocycles. The van der Waals surface area contributed by atoms with Gasteiger partial charge in [0.1, 0.15) is 11.5 Å². The quantitative estimate of drug-likeness (QED) is 0.905. The molecule has 1 saturated heterocycles. The van der Waals surface area contributed by atoms with Crippen molar-refractivity contribution in [2.24, 2.45) is 5.92 Å². The summed E-state index contributed by atoms with van der Waals surface area (Å²) in [5.41, 5.74) is 1.58. The van der Waals surface area contributed by atoms with Crippen LogP contribution in [0.3, 0.4) is 0 Å². The van der Waals surface area contributed by atoms with Crippen molar-refractivity contribution >= 4 is 18.3 Å². The number of halogens is 2. The Morgan fingerprint density at radius 2 is 2.00 bits per heavy atom. The van der Waals surface area contributed by atoms with Gasteiger partial charge in [0.15, 0.2) is 0 Å². The molecule has 1 fully saturated rings. The Labute approximate surface area is 153 Å². The highest BCUT2D eigenvalue weighted by Gasteiger charge is 2.26. The van der Waals surface area contributed by atoms with E-state index in [9.17, 15) is 9.18 Å². The van der Waals surface area contributed by atoms with E-state index in [1.807, 2.05) is 11.9 Å². The second kappa shape index (κ2) is 8.45. The molecule has 3 rings (SSSR count). The van der Waals surface area contributed by atoms with E-state index >= 15 is 0 Å². The van der Waals surface area contributed by atoms with Crippen LogP contribution in [-0.2, 0) is 0 Å². The molecule has 0 atom stereocenters. The van der Waals surface area contributed by atoms with Crippen LogP contribution in [0.15, 0.2) is 30.5 Å². The van der Waals surface area contributed by atoms with Gasteiger partial charge >= 0.3 is 0 Å². The van der Waals surface area contributed by atoms with Crippen LogP contribution in [0.4, 0.5) is 4.39 Å². The van der Waals surface area contributed by atoms with Gasteiger partial charge in [-0.05, 0) is 51.4 Å². The van der Waals surface area contributed by atoms with Crippen LogP contribution in [0, 0.1) is 18.7 Å². The molecule has 0 spiro atoms. The zero-order chi connectivity index (χ0) is 17.1. The lowest BCUT2D eigenvalue weighted by Crippen LogP contribution is -2.40. The lowest BCUT2D eigenvalue weighted by molar-refractivity contribution is 0.0690. The molecule has 1 N–H and O–H groups in total. The van der Waals surface area contributed by atoms with Gasteiger partial charge in [-0.3, -0.25) is 4.79 Å². The molecule has 5 nitrogen and oxygen atoms in total. The first kappa shape index (κ1) is 19.4. The summed E-state index contributed by atoms with van der Waals surface area (Å²) < 4.78 is 15.5. The second-order valence-electron chi connectivity index (χ2n) is 6.30. The summed E-state index contributed by atoms with van der Waals surface area (Å²) in [6.45, 7) is 4.32. The summed E-state index contributed by atoms with van der Waals surface area (Å²) in [6, 6.07) is 6.45. The fraction of sp³-hybridized carbons (Fsp3) is 0.444. The Balaban J connectivity index is 0.00000225. The Hall–Kier alpha value is -1.92. The number of piperidine rings is 1. The Kier molecular flexibility index (Phi) is 6.56. The molecular weight excluding hydrogens is 343 g/mol. The standard InChI is InChI=1S/C18H23FN4O.ClH/c1-13-15(12-21-23(13)17-6-4-3-5-16(17)19)18(24)22-9-7-14(8-10-22)11-20-2;/h3-6,12,14,20H,7-11H2,1-2H3;1H. The van der Waals surface area contributed by atoms with Crippen LogP contribution in [0.25, 0.3) is 5.69 Å². The summed E-state index contributed by atoms with van der Waals surface area (Å²) >= 11 is 0. The number of rotatable bonds is 4. The molecule has 2 aromatic rings. The molecule has 7 heteroatoms. The number of hydrogen-bond donors (Lipinski definition) is 1. The van der Waals surface area contributed by atoms with E-state index in [1.54, 1.807) is 31.3 Å². The summed E-state index contributed by atoms with van der Waals surface area (Å²) in [7, 11) is 1.96. The molecule has 0 radical (unpaired) electrons. The van der Waals surface area contributed by atoms with E-state index < -0.39 is 0 Å². The maximum atomic E-state index is 14.0. The molecule has 2 heterocycles. The van der Waals surface area contributed by atoms with Crippen LogP contribution < -0.4 is 5.32 Å². The number of aromatic nitrogens is 2. The third kappa shape index (κ3) is 4.02. The maximum Gasteiger partial charge on any atom is 0.257 e. The van der Waals surface area contributed by atoms with Gasteiger partial charge in [-0.25, -0.2) is 9.07 Å².